The van der Waals surface area contributed by atoms with Gasteiger partial charge in [-0.25, -0.2) is 0 Å². The Bertz CT molecular complexity index is 346. The lowest BCUT2D eigenvalue weighted by molar-refractivity contribution is 0.171. The standard InChI is InChI=1S/C13H20N2O.ClH/c14-8-12-4-2-6-15(10-12)9-11-3-1-5-13(16)7-11;/h1,3,5,7,12,16H,2,4,6,8-10,14H2;1H. The number of nitrogens with two attached hydrogens (primary N) is 1. The fraction of sp³-hybridized carbons (Fsp3) is 0.538. The summed E-state index contributed by atoms with van der Waals surface area (Å²) in [7, 11) is 0. The first-order valence-electron chi connectivity index (χ1n) is 5.98. The second-order valence-corrected chi connectivity index (χ2v) is 4.65. The third-order valence-corrected chi connectivity index (χ3v) is 3.25. The van der Waals surface area contributed by atoms with Gasteiger partial charge in [-0.2, -0.15) is 0 Å². The Balaban J connectivity index is 0.00000144. The first kappa shape index (κ1) is 14.3. The van der Waals surface area contributed by atoms with Crippen LogP contribution in [0, 0.1) is 5.92 Å². The van der Waals surface area contributed by atoms with Gasteiger partial charge in [0.25, 0.3) is 0 Å². The Hall–Kier alpha value is -0.770. The minimum absolute atomic E-state index is 0. The minimum Gasteiger partial charge on any atom is -0.508 e. The summed E-state index contributed by atoms with van der Waals surface area (Å²) in [5.74, 6) is 0.996. The van der Waals surface area contributed by atoms with Gasteiger partial charge in [-0.15, -0.1) is 12.4 Å². The molecule has 1 heterocycles. The number of piperidine rings is 1. The molecular formula is C13H21ClN2O. The molecule has 1 fully saturated rings. The van der Waals surface area contributed by atoms with Gasteiger partial charge in [-0.1, -0.05) is 12.1 Å². The summed E-state index contributed by atoms with van der Waals surface area (Å²) in [5.41, 5.74) is 6.89. The number of halogens is 1. The van der Waals surface area contributed by atoms with E-state index in [0.717, 1.165) is 26.2 Å². The van der Waals surface area contributed by atoms with Gasteiger partial charge in [0.1, 0.15) is 5.75 Å². The molecule has 1 aromatic carbocycles. The van der Waals surface area contributed by atoms with E-state index in [4.69, 9.17) is 5.73 Å². The van der Waals surface area contributed by atoms with E-state index in [0.29, 0.717) is 11.7 Å². The van der Waals surface area contributed by atoms with Crippen LogP contribution in [0.1, 0.15) is 18.4 Å². The monoisotopic (exact) mass is 256 g/mol. The maximum atomic E-state index is 9.40. The van der Waals surface area contributed by atoms with E-state index in [2.05, 4.69) is 11.0 Å². The molecule has 3 nitrogen and oxygen atoms in total. The normalized spacial score (nSPS) is 20.9. The molecule has 96 valence electrons. The van der Waals surface area contributed by atoms with Gasteiger partial charge >= 0.3 is 0 Å². The quantitative estimate of drug-likeness (QED) is 0.870. The van der Waals surface area contributed by atoms with Crippen molar-refractivity contribution in [3.05, 3.63) is 29.8 Å². The molecule has 1 unspecified atom stereocenters. The lowest BCUT2D eigenvalue weighted by Gasteiger charge is -2.32. The number of phenolic OH excluding ortho intramolecular Hbond substituents is 1. The maximum Gasteiger partial charge on any atom is 0.115 e. The first-order chi connectivity index (χ1) is 7.78. The Morgan fingerprint density at radius 1 is 1.41 bits per heavy atom. The van der Waals surface area contributed by atoms with Crippen molar-refractivity contribution in [2.75, 3.05) is 19.6 Å². The molecule has 0 aromatic heterocycles. The number of benzene rings is 1. The van der Waals surface area contributed by atoms with Crippen LogP contribution >= 0.6 is 12.4 Å². The van der Waals surface area contributed by atoms with E-state index in [1.807, 2.05) is 12.1 Å². The van der Waals surface area contributed by atoms with E-state index in [-0.39, 0.29) is 12.4 Å². The van der Waals surface area contributed by atoms with E-state index < -0.39 is 0 Å². The van der Waals surface area contributed by atoms with Gasteiger partial charge in [0.05, 0.1) is 0 Å². The highest BCUT2D eigenvalue weighted by molar-refractivity contribution is 5.85. The van der Waals surface area contributed by atoms with Crippen LogP contribution in [-0.4, -0.2) is 29.6 Å². The summed E-state index contributed by atoms with van der Waals surface area (Å²) in [6.07, 6.45) is 2.49. The number of rotatable bonds is 3. The molecule has 1 saturated heterocycles. The van der Waals surface area contributed by atoms with Crippen molar-refractivity contribution >= 4 is 12.4 Å². The lowest BCUT2D eigenvalue weighted by Crippen LogP contribution is -2.37. The van der Waals surface area contributed by atoms with Crippen LogP contribution in [0.15, 0.2) is 24.3 Å². The number of hydrogen-bond acceptors (Lipinski definition) is 3. The van der Waals surface area contributed by atoms with Crippen molar-refractivity contribution in [1.29, 1.82) is 0 Å². The second kappa shape index (κ2) is 6.84. The molecular weight excluding hydrogens is 236 g/mol. The third kappa shape index (κ3) is 4.19. The zero-order chi connectivity index (χ0) is 11.4. The lowest BCUT2D eigenvalue weighted by atomic mass is 9.98. The fourth-order valence-electron chi connectivity index (χ4n) is 2.40. The van der Waals surface area contributed by atoms with Gasteiger partial charge in [0, 0.05) is 13.1 Å². The second-order valence-electron chi connectivity index (χ2n) is 4.65. The fourth-order valence-corrected chi connectivity index (χ4v) is 2.40. The minimum atomic E-state index is 0. The molecule has 0 spiro atoms. The highest BCUT2D eigenvalue weighted by atomic mass is 35.5. The molecule has 1 aliphatic rings. The molecule has 0 radical (unpaired) electrons. The Labute approximate surface area is 109 Å². The highest BCUT2D eigenvalue weighted by Crippen LogP contribution is 2.19. The zero-order valence-electron chi connectivity index (χ0n) is 10.0. The molecule has 1 atom stereocenters. The Morgan fingerprint density at radius 2 is 2.24 bits per heavy atom. The summed E-state index contributed by atoms with van der Waals surface area (Å²) in [6, 6.07) is 7.51. The molecule has 1 aliphatic heterocycles. The molecule has 1 aromatic rings. The molecule has 0 saturated carbocycles. The maximum absolute atomic E-state index is 9.40. The number of phenols is 1. The van der Waals surface area contributed by atoms with Gasteiger partial charge in [0.2, 0.25) is 0 Å². The topological polar surface area (TPSA) is 49.5 Å². The Morgan fingerprint density at radius 3 is 2.94 bits per heavy atom. The van der Waals surface area contributed by atoms with Gasteiger partial charge < -0.3 is 10.8 Å². The summed E-state index contributed by atoms with van der Waals surface area (Å²) >= 11 is 0. The van der Waals surface area contributed by atoms with Crippen LogP contribution in [-0.2, 0) is 6.54 Å². The summed E-state index contributed by atoms with van der Waals surface area (Å²) in [5, 5.41) is 9.40. The van der Waals surface area contributed by atoms with E-state index in [1.165, 1.54) is 18.4 Å². The number of aromatic hydroxyl groups is 1. The number of likely N-dealkylation sites (tertiary alicyclic amines) is 1. The first-order valence-corrected chi connectivity index (χ1v) is 5.98. The molecule has 4 heteroatoms. The van der Waals surface area contributed by atoms with E-state index in [1.54, 1.807) is 6.07 Å². The molecule has 0 aliphatic carbocycles. The van der Waals surface area contributed by atoms with Crippen molar-refractivity contribution in [1.82, 2.24) is 4.90 Å². The summed E-state index contributed by atoms with van der Waals surface area (Å²) < 4.78 is 0. The largest absolute Gasteiger partial charge is 0.508 e. The van der Waals surface area contributed by atoms with Crippen molar-refractivity contribution in [2.45, 2.75) is 19.4 Å². The molecule has 17 heavy (non-hydrogen) atoms. The molecule has 0 bridgehead atoms. The predicted molar refractivity (Wildman–Crippen MR) is 72.4 cm³/mol. The van der Waals surface area contributed by atoms with Crippen LogP contribution in [0.5, 0.6) is 5.75 Å². The van der Waals surface area contributed by atoms with Crippen LogP contribution in [0.3, 0.4) is 0 Å². The van der Waals surface area contributed by atoms with Crippen molar-refractivity contribution < 1.29 is 5.11 Å². The smallest absolute Gasteiger partial charge is 0.115 e. The number of nitrogens with zero attached hydrogens (tertiary/aromatic N) is 1. The zero-order valence-corrected chi connectivity index (χ0v) is 10.8. The van der Waals surface area contributed by atoms with Crippen molar-refractivity contribution in [2.24, 2.45) is 11.7 Å². The van der Waals surface area contributed by atoms with Crippen LogP contribution in [0.25, 0.3) is 0 Å². The third-order valence-electron chi connectivity index (χ3n) is 3.25. The van der Waals surface area contributed by atoms with Gasteiger partial charge in [-0.3, -0.25) is 4.90 Å². The van der Waals surface area contributed by atoms with Crippen molar-refractivity contribution in [3.63, 3.8) is 0 Å². The number of hydrogen-bond donors (Lipinski definition) is 2. The highest BCUT2D eigenvalue weighted by Gasteiger charge is 2.18. The van der Waals surface area contributed by atoms with Gasteiger partial charge in [-0.05, 0) is 49.5 Å². The summed E-state index contributed by atoms with van der Waals surface area (Å²) in [6.45, 7) is 3.94. The van der Waals surface area contributed by atoms with Crippen molar-refractivity contribution in [3.8, 4) is 5.75 Å². The van der Waals surface area contributed by atoms with E-state index >= 15 is 0 Å². The molecule has 2 rings (SSSR count). The molecule has 3 N–H and O–H groups in total. The average Bonchev–Trinajstić information content (AvgIpc) is 2.29. The van der Waals surface area contributed by atoms with Gasteiger partial charge in [0.15, 0.2) is 0 Å². The van der Waals surface area contributed by atoms with Crippen LogP contribution in [0.2, 0.25) is 0 Å². The van der Waals surface area contributed by atoms with Crippen LogP contribution < -0.4 is 5.73 Å². The average molecular weight is 257 g/mol. The Kier molecular flexibility index (Phi) is 5.75. The predicted octanol–water partition coefficient (Wildman–Crippen LogP) is 1.98. The molecule has 0 amide bonds. The summed E-state index contributed by atoms with van der Waals surface area (Å²) in [4.78, 5) is 2.43. The van der Waals surface area contributed by atoms with E-state index in [9.17, 15) is 5.11 Å². The SMILES string of the molecule is Cl.NCC1CCCN(Cc2cccc(O)c2)C1. The van der Waals surface area contributed by atoms with Crippen LogP contribution in [0.4, 0.5) is 0 Å².